The van der Waals surface area contributed by atoms with Crippen LogP contribution < -0.4 is 4.74 Å². The van der Waals surface area contributed by atoms with Crippen molar-refractivity contribution in [1.29, 1.82) is 0 Å². The Labute approximate surface area is 214 Å². The minimum absolute atomic E-state index is 0.00390. The summed E-state index contributed by atoms with van der Waals surface area (Å²) in [5.74, 6) is 0.271. The quantitative estimate of drug-likeness (QED) is 0.340. The Morgan fingerprint density at radius 3 is 2.30 bits per heavy atom. The monoisotopic (exact) mass is 514 g/mol. The summed E-state index contributed by atoms with van der Waals surface area (Å²) in [6, 6.07) is 19.4. The number of hydrogen-bond acceptors (Lipinski definition) is 3. The minimum atomic E-state index is -4.42. The predicted octanol–water partition coefficient (Wildman–Crippen LogP) is 6.12. The molecule has 37 heavy (non-hydrogen) atoms. The van der Waals surface area contributed by atoms with Crippen LogP contribution >= 0.6 is 0 Å². The molecule has 0 unspecified atom stereocenters. The largest absolute Gasteiger partial charge is 0.497 e. The van der Waals surface area contributed by atoms with Crippen molar-refractivity contribution in [3.05, 3.63) is 101 Å². The highest BCUT2D eigenvalue weighted by Crippen LogP contribution is 2.37. The average Bonchev–Trinajstić information content (AvgIpc) is 3.26. The number of alkyl halides is 3. The predicted molar refractivity (Wildman–Crippen MR) is 133 cm³/mol. The van der Waals surface area contributed by atoms with Crippen LogP contribution in [0.1, 0.15) is 35.1 Å². The molecule has 4 rings (SSSR count). The lowest BCUT2D eigenvalue weighted by molar-refractivity contribution is -0.138. The molecule has 8 heteroatoms. The molecule has 3 aromatic carbocycles. The number of hydrogen-bond donors (Lipinski definition) is 0. The van der Waals surface area contributed by atoms with Gasteiger partial charge in [-0.2, -0.15) is 13.2 Å². The average molecular weight is 515 g/mol. The molecule has 0 bridgehead atoms. The van der Waals surface area contributed by atoms with E-state index in [0.717, 1.165) is 22.9 Å². The number of nitrogens with zero attached hydrogens (tertiary/aromatic N) is 2. The van der Waals surface area contributed by atoms with Crippen LogP contribution in [0.3, 0.4) is 0 Å². The Morgan fingerprint density at radius 1 is 1.00 bits per heavy atom. The maximum atomic E-state index is 13.6. The molecular weight excluding hydrogens is 484 g/mol. The highest BCUT2D eigenvalue weighted by molar-refractivity contribution is 5.73. The van der Waals surface area contributed by atoms with E-state index in [1.54, 1.807) is 30.2 Å². The number of benzene rings is 3. The molecule has 1 amide bonds. The van der Waals surface area contributed by atoms with Crippen LogP contribution in [0.4, 0.5) is 17.6 Å². The number of amides is 1. The van der Waals surface area contributed by atoms with Crippen molar-refractivity contribution in [1.82, 2.24) is 9.80 Å². The van der Waals surface area contributed by atoms with Gasteiger partial charge < -0.3 is 9.64 Å². The summed E-state index contributed by atoms with van der Waals surface area (Å²) in [5.41, 5.74) is 1.47. The lowest BCUT2D eigenvalue weighted by Crippen LogP contribution is -2.35. The third-order valence-corrected chi connectivity index (χ3v) is 6.96. The van der Waals surface area contributed by atoms with Crippen molar-refractivity contribution in [2.45, 2.75) is 32.1 Å². The van der Waals surface area contributed by atoms with Gasteiger partial charge >= 0.3 is 6.18 Å². The zero-order valence-electron chi connectivity index (χ0n) is 20.8. The summed E-state index contributed by atoms with van der Waals surface area (Å²) in [6.45, 7) is 3.52. The molecule has 1 aliphatic heterocycles. The summed E-state index contributed by atoms with van der Waals surface area (Å²) in [4.78, 5) is 16.3. The molecule has 1 aliphatic rings. The molecule has 0 aliphatic carbocycles. The third-order valence-electron chi connectivity index (χ3n) is 6.96. The Morgan fingerprint density at radius 2 is 1.68 bits per heavy atom. The first-order valence-corrected chi connectivity index (χ1v) is 12.2. The molecule has 0 aromatic heterocycles. The van der Waals surface area contributed by atoms with Crippen LogP contribution in [0.5, 0.6) is 5.75 Å². The van der Waals surface area contributed by atoms with E-state index in [0.29, 0.717) is 26.2 Å². The van der Waals surface area contributed by atoms with E-state index in [-0.39, 0.29) is 35.7 Å². The van der Waals surface area contributed by atoms with E-state index in [9.17, 15) is 22.4 Å². The number of ether oxygens (including phenoxy) is 1. The van der Waals surface area contributed by atoms with Crippen LogP contribution in [0, 0.1) is 11.7 Å². The van der Waals surface area contributed by atoms with Gasteiger partial charge in [-0.05, 0) is 52.9 Å². The van der Waals surface area contributed by atoms with Gasteiger partial charge in [-0.1, -0.05) is 42.5 Å². The first-order chi connectivity index (χ1) is 17.6. The summed E-state index contributed by atoms with van der Waals surface area (Å²) in [7, 11) is 1.59. The second-order valence-electron chi connectivity index (χ2n) is 9.51. The Hall–Kier alpha value is -3.39. The lowest BCUT2D eigenvalue weighted by Gasteiger charge is -2.28. The molecule has 2 atom stereocenters. The standard InChI is InChI=1S/C29H30F4N2O2/c1-20(36)35(15-21-7-11-25(30)12-8-21)18-24-17-34(16-23-5-3-4-6-28(23)29(31,32)33)19-27(24)22-9-13-26(37-2)14-10-22/h3-14,24,27H,15-19H2,1-2H3/t24-,27+/m1/s1. The second-order valence-corrected chi connectivity index (χ2v) is 9.51. The molecule has 0 spiro atoms. The number of carbonyl (C=O) groups is 1. The van der Waals surface area contributed by atoms with Crippen LogP contribution in [-0.2, 0) is 24.1 Å². The fraction of sp³-hybridized carbons (Fsp3) is 0.345. The van der Waals surface area contributed by atoms with Crippen LogP contribution in [0.2, 0.25) is 0 Å². The van der Waals surface area contributed by atoms with Gasteiger partial charge in [-0.15, -0.1) is 0 Å². The zero-order valence-corrected chi connectivity index (χ0v) is 20.8. The van der Waals surface area contributed by atoms with E-state index < -0.39 is 11.7 Å². The molecule has 0 N–H and O–H groups in total. The molecular formula is C29H30F4N2O2. The van der Waals surface area contributed by atoms with Crippen molar-refractivity contribution in [3.8, 4) is 5.75 Å². The molecule has 0 saturated carbocycles. The van der Waals surface area contributed by atoms with E-state index in [4.69, 9.17) is 4.74 Å². The van der Waals surface area contributed by atoms with Crippen molar-refractivity contribution in [2.24, 2.45) is 5.92 Å². The number of halogens is 4. The highest BCUT2D eigenvalue weighted by atomic mass is 19.4. The number of carbonyl (C=O) groups excluding carboxylic acids is 1. The van der Waals surface area contributed by atoms with Gasteiger partial charge in [0, 0.05) is 45.6 Å². The molecule has 1 heterocycles. The zero-order chi connectivity index (χ0) is 26.6. The maximum Gasteiger partial charge on any atom is 0.416 e. The summed E-state index contributed by atoms with van der Waals surface area (Å²) >= 11 is 0. The molecule has 4 nitrogen and oxygen atoms in total. The summed E-state index contributed by atoms with van der Waals surface area (Å²) in [6.07, 6.45) is -4.42. The van der Waals surface area contributed by atoms with Crippen molar-refractivity contribution in [3.63, 3.8) is 0 Å². The van der Waals surface area contributed by atoms with Gasteiger partial charge in [0.1, 0.15) is 11.6 Å². The van der Waals surface area contributed by atoms with Gasteiger partial charge in [-0.3, -0.25) is 9.69 Å². The highest BCUT2D eigenvalue weighted by Gasteiger charge is 2.38. The summed E-state index contributed by atoms with van der Waals surface area (Å²) in [5, 5.41) is 0. The van der Waals surface area contributed by atoms with Gasteiger partial charge in [-0.25, -0.2) is 4.39 Å². The first-order valence-electron chi connectivity index (χ1n) is 12.2. The minimum Gasteiger partial charge on any atom is -0.497 e. The van der Waals surface area contributed by atoms with Gasteiger partial charge in [0.2, 0.25) is 5.91 Å². The Kier molecular flexibility index (Phi) is 8.17. The van der Waals surface area contributed by atoms with Crippen molar-refractivity contribution in [2.75, 3.05) is 26.7 Å². The first kappa shape index (κ1) is 26.7. The fourth-order valence-corrected chi connectivity index (χ4v) is 5.08. The number of likely N-dealkylation sites (tertiary alicyclic amines) is 1. The molecule has 0 radical (unpaired) electrons. The lowest BCUT2D eigenvalue weighted by atomic mass is 9.88. The number of rotatable bonds is 8. The normalized spacial score (nSPS) is 18.1. The third kappa shape index (κ3) is 6.68. The van der Waals surface area contributed by atoms with E-state index in [1.807, 2.05) is 29.2 Å². The van der Waals surface area contributed by atoms with Crippen molar-refractivity contribution >= 4 is 5.91 Å². The Balaban J connectivity index is 1.58. The fourth-order valence-electron chi connectivity index (χ4n) is 5.08. The number of methoxy groups -OCH3 is 1. The maximum absolute atomic E-state index is 13.6. The molecule has 1 fully saturated rings. The van der Waals surface area contributed by atoms with E-state index in [1.165, 1.54) is 31.2 Å². The van der Waals surface area contributed by atoms with Gasteiger partial charge in [0.15, 0.2) is 0 Å². The van der Waals surface area contributed by atoms with Gasteiger partial charge in [0.25, 0.3) is 0 Å². The molecule has 196 valence electrons. The molecule has 3 aromatic rings. The van der Waals surface area contributed by atoms with Crippen LogP contribution in [0.15, 0.2) is 72.8 Å². The topological polar surface area (TPSA) is 32.8 Å². The Bertz CT molecular complexity index is 1200. The smallest absolute Gasteiger partial charge is 0.416 e. The van der Waals surface area contributed by atoms with Crippen molar-refractivity contribution < 1.29 is 27.1 Å². The summed E-state index contributed by atoms with van der Waals surface area (Å²) < 4.78 is 59.5. The van der Waals surface area contributed by atoms with Gasteiger partial charge in [0.05, 0.1) is 12.7 Å². The van der Waals surface area contributed by atoms with E-state index in [2.05, 4.69) is 0 Å². The second kappa shape index (κ2) is 11.3. The molecule has 1 saturated heterocycles. The van der Waals surface area contributed by atoms with Crippen LogP contribution in [-0.4, -0.2) is 42.5 Å². The van der Waals surface area contributed by atoms with Crippen LogP contribution in [0.25, 0.3) is 0 Å². The van der Waals surface area contributed by atoms with E-state index >= 15 is 0 Å². The SMILES string of the molecule is COc1ccc([C@@H]2CN(Cc3ccccc3C(F)(F)F)C[C@@H]2CN(Cc2ccc(F)cc2)C(C)=O)cc1.